The number of ether oxygens (including phenoxy) is 1. The molecule has 0 atom stereocenters. The Balaban J connectivity index is 1.21. The second kappa shape index (κ2) is 11.8. The number of alkyl halides is 3. The zero-order chi connectivity index (χ0) is 25.5. The van der Waals surface area contributed by atoms with Crippen LogP contribution in [0.25, 0.3) is 0 Å². The van der Waals surface area contributed by atoms with Crippen molar-refractivity contribution in [2.75, 3.05) is 52.4 Å². The Hall–Kier alpha value is -3.07. The first kappa shape index (κ1) is 26.0. The molecule has 2 fully saturated rings. The highest BCUT2D eigenvalue weighted by atomic mass is 19.4. The van der Waals surface area contributed by atoms with E-state index in [4.69, 9.17) is 4.74 Å². The van der Waals surface area contributed by atoms with Crippen molar-refractivity contribution in [1.29, 1.82) is 0 Å². The number of rotatable bonds is 7. The van der Waals surface area contributed by atoms with Gasteiger partial charge in [-0.15, -0.1) is 0 Å². The molecule has 0 saturated carbocycles. The predicted octanol–water partition coefficient (Wildman–Crippen LogP) is 4.56. The number of nitrogens with zero attached hydrogens (tertiary/aromatic N) is 3. The van der Waals surface area contributed by atoms with Crippen LogP contribution in [0, 0.1) is 0 Å². The first-order chi connectivity index (χ1) is 17.3. The molecule has 2 aliphatic heterocycles. The average molecular weight is 504 g/mol. The highest BCUT2D eigenvalue weighted by molar-refractivity contribution is 5.96. The second-order valence-corrected chi connectivity index (χ2v) is 9.29. The quantitative estimate of drug-likeness (QED) is 0.520. The molecule has 2 aromatic rings. The van der Waals surface area contributed by atoms with E-state index >= 15 is 0 Å². The maximum atomic E-state index is 12.9. The molecule has 194 valence electrons. The van der Waals surface area contributed by atoms with E-state index in [1.54, 1.807) is 34.1 Å². The van der Waals surface area contributed by atoms with Crippen LogP contribution in [-0.2, 0) is 6.18 Å². The van der Waals surface area contributed by atoms with Gasteiger partial charge < -0.3 is 19.4 Å². The van der Waals surface area contributed by atoms with Gasteiger partial charge in [-0.05, 0) is 80.9 Å². The van der Waals surface area contributed by atoms with E-state index in [0.29, 0.717) is 38.3 Å². The summed E-state index contributed by atoms with van der Waals surface area (Å²) in [7, 11) is 0. The van der Waals surface area contributed by atoms with E-state index in [1.165, 1.54) is 44.5 Å². The van der Waals surface area contributed by atoms with E-state index < -0.39 is 11.7 Å². The number of hydrogen-bond donors (Lipinski definition) is 0. The van der Waals surface area contributed by atoms with Crippen molar-refractivity contribution in [1.82, 2.24) is 14.7 Å². The Morgan fingerprint density at radius 2 is 1.22 bits per heavy atom. The van der Waals surface area contributed by atoms with E-state index in [9.17, 15) is 22.8 Å². The predicted molar refractivity (Wildman–Crippen MR) is 130 cm³/mol. The van der Waals surface area contributed by atoms with Crippen LogP contribution in [0.15, 0.2) is 48.5 Å². The molecule has 2 saturated heterocycles. The summed E-state index contributed by atoms with van der Waals surface area (Å²) in [5.41, 5.74) is -0.0317. The van der Waals surface area contributed by atoms with Crippen LogP contribution in [0.1, 0.15) is 52.0 Å². The molecular formula is C27H32F3N3O3. The molecule has 2 aliphatic rings. The summed E-state index contributed by atoms with van der Waals surface area (Å²) >= 11 is 0. The largest absolute Gasteiger partial charge is 0.494 e. The van der Waals surface area contributed by atoms with Crippen molar-refractivity contribution in [3.8, 4) is 5.75 Å². The number of halogens is 3. The van der Waals surface area contributed by atoms with Crippen LogP contribution in [-0.4, -0.2) is 78.9 Å². The van der Waals surface area contributed by atoms with E-state index in [0.717, 1.165) is 30.8 Å². The average Bonchev–Trinajstić information content (AvgIpc) is 2.91. The molecule has 0 aromatic heterocycles. The summed E-state index contributed by atoms with van der Waals surface area (Å²) in [4.78, 5) is 31.3. The summed E-state index contributed by atoms with van der Waals surface area (Å²) < 4.78 is 44.1. The molecule has 36 heavy (non-hydrogen) atoms. The topological polar surface area (TPSA) is 53.1 Å². The summed E-state index contributed by atoms with van der Waals surface area (Å²) in [6.45, 7) is 5.40. The molecule has 0 spiro atoms. The molecule has 2 heterocycles. The normalized spacial score (nSPS) is 17.2. The number of hydrogen-bond acceptors (Lipinski definition) is 4. The Labute approximate surface area is 209 Å². The number of piperidine rings is 1. The van der Waals surface area contributed by atoms with E-state index in [-0.39, 0.29) is 17.4 Å². The fraction of sp³-hybridized carbons (Fsp3) is 0.481. The maximum absolute atomic E-state index is 12.9. The van der Waals surface area contributed by atoms with Crippen LogP contribution in [0.4, 0.5) is 13.2 Å². The fourth-order valence-corrected chi connectivity index (χ4v) is 4.63. The van der Waals surface area contributed by atoms with Crippen molar-refractivity contribution in [2.45, 2.75) is 31.9 Å². The molecule has 0 aliphatic carbocycles. The first-order valence-electron chi connectivity index (χ1n) is 12.5. The monoisotopic (exact) mass is 503 g/mol. The van der Waals surface area contributed by atoms with Gasteiger partial charge in [0, 0.05) is 43.9 Å². The number of piperazine rings is 1. The molecule has 0 N–H and O–H groups in total. The number of carbonyl (C=O) groups is 2. The number of likely N-dealkylation sites (tertiary alicyclic amines) is 1. The molecule has 4 rings (SSSR count). The number of amides is 2. The van der Waals surface area contributed by atoms with Gasteiger partial charge >= 0.3 is 6.18 Å². The summed E-state index contributed by atoms with van der Waals surface area (Å²) in [5.74, 6) is 0.281. The Kier molecular flexibility index (Phi) is 8.51. The third-order valence-electron chi connectivity index (χ3n) is 6.75. The second-order valence-electron chi connectivity index (χ2n) is 9.29. The highest BCUT2D eigenvalue weighted by Crippen LogP contribution is 2.29. The first-order valence-corrected chi connectivity index (χ1v) is 12.5. The summed E-state index contributed by atoms with van der Waals surface area (Å²) in [5, 5.41) is 0. The Morgan fingerprint density at radius 1 is 0.722 bits per heavy atom. The lowest BCUT2D eigenvalue weighted by Crippen LogP contribution is -2.50. The highest BCUT2D eigenvalue weighted by Gasteiger charge is 2.31. The zero-order valence-electron chi connectivity index (χ0n) is 20.3. The fourth-order valence-electron chi connectivity index (χ4n) is 4.63. The molecule has 2 aromatic carbocycles. The maximum Gasteiger partial charge on any atom is 0.416 e. The number of benzene rings is 2. The van der Waals surface area contributed by atoms with Gasteiger partial charge in [-0.25, -0.2) is 0 Å². The molecule has 0 radical (unpaired) electrons. The van der Waals surface area contributed by atoms with Gasteiger partial charge in [0.05, 0.1) is 12.2 Å². The van der Waals surface area contributed by atoms with Crippen LogP contribution < -0.4 is 4.74 Å². The lowest BCUT2D eigenvalue weighted by atomic mass is 10.1. The lowest BCUT2D eigenvalue weighted by Gasteiger charge is -2.35. The van der Waals surface area contributed by atoms with Gasteiger partial charge in [-0.1, -0.05) is 6.42 Å². The van der Waals surface area contributed by atoms with Crippen LogP contribution in [0.3, 0.4) is 0 Å². The van der Waals surface area contributed by atoms with Crippen molar-refractivity contribution >= 4 is 11.8 Å². The minimum Gasteiger partial charge on any atom is -0.494 e. The van der Waals surface area contributed by atoms with Gasteiger partial charge in [0.2, 0.25) is 0 Å². The molecule has 2 amide bonds. The zero-order valence-corrected chi connectivity index (χ0v) is 20.3. The van der Waals surface area contributed by atoms with Crippen molar-refractivity contribution < 1.29 is 27.5 Å². The molecule has 6 nitrogen and oxygen atoms in total. The van der Waals surface area contributed by atoms with Crippen LogP contribution in [0.5, 0.6) is 5.75 Å². The van der Waals surface area contributed by atoms with Crippen molar-refractivity contribution in [3.63, 3.8) is 0 Å². The third-order valence-corrected chi connectivity index (χ3v) is 6.75. The van der Waals surface area contributed by atoms with Crippen LogP contribution in [0.2, 0.25) is 0 Å². The minimum atomic E-state index is -4.44. The van der Waals surface area contributed by atoms with Crippen LogP contribution >= 0.6 is 0 Å². The third kappa shape index (κ3) is 6.78. The van der Waals surface area contributed by atoms with Gasteiger partial charge in [0.15, 0.2) is 0 Å². The SMILES string of the molecule is O=C(c1ccc(OCCCN2CCCCC2)cc1)N1CCN(C(=O)c2ccc(C(F)(F)F)cc2)CC1. The molecular weight excluding hydrogens is 471 g/mol. The smallest absolute Gasteiger partial charge is 0.416 e. The van der Waals surface area contributed by atoms with E-state index in [2.05, 4.69) is 4.90 Å². The lowest BCUT2D eigenvalue weighted by molar-refractivity contribution is -0.137. The van der Waals surface area contributed by atoms with Gasteiger partial charge in [0.1, 0.15) is 5.75 Å². The van der Waals surface area contributed by atoms with Gasteiger partial charge in [-0.3, -0.25) is 9.59 Å². The molecule has 0 bridgehead atoms. The summed E-state index contributed by atoms with van der Waals surface area (Å²) in [6, 6.07) is 11.3. The van der Waals surface area contributed by atoms with Gasteiger partial charge in [-0.2, -0.15) is 13.2 Å². The molecule has 0 unspecified atom stereocenters. The van der Waals surface area contributed by atoms with Crippen molar-refractivity contribution in [2.24, 2.45) is 0 Å². The molecule has 9 heteroatoms. The van der Waals surface area contributed by atoms with Gasteiger partial charge in [0.25, 0.3) is 11.8 Å². The summed E-state index contributed by atoms with van der Waals surface area (Å²) in [6.07, 6.45) is 0.414. The standard InChI is InChI=1S/C27H32F3N3O3/c28-27(29,30)23-9-5-21(6-10-23)25(34)32-16-18-33(19-17-32)26(35)22-7-11-24(12-8-22)36-20-4-15-31-13-2-1-3-14-31/h5-12H,1-4,13-20H2. The Morgan fingerprint density at radius 3 is 1.72 bits per heavy atom. The van der Waals surface area contributed by atoms with Crippen molar-refractivity contribution in [3.05, 3.63) is 65.2 Å². The minimum absolute atomic E-state index is 0.117. The van der Waals surface area contributed by atoms with E-state index in [1.807, 2.05) is 0 Å². The Bertz CT molecular complexity index is 1010. The number of carbonyl (C=O) groups excluding carboxylic acids is 2.